The van der Waals surface area contributed by atoms with Crippen molar-refractivity contribution in [3.8, 4) is 0 Å². The number of pyridine rings is 1. The van der Waals surface area contributed by atoms with Crippen LogP contribution in [0.15, 0.2) is 23.2 Å². The monoisotopic (exact) mass is 487 g/mol. The van der Waals surface area contributed by atoms with Crippen LogP contribution < -0.4 is 15.5 Å². The van der Waals surface area contributed by atoms with Gasteiger partial charge in [-0.2, -0.15) is 0 Å². The number of hydrogen-bond donors (Lipinski definition) is 3. The van der Waals surface area contributed by atoms with Crippen molar-refractivity contribution in [2.24, 2.45) is 4.99 Å². The fourth-order valence-corrected chi connectivity index (χ4v) is 3.89. The van der Waals surface area contributed by atoms with E-state index in [9.17, 15) is 5.11 Å². The van der Waals surface area contributed by atoms with Gasteiger partial charge in [0.25, 0.3) is 0 Å². The van der Waals surface area contributed by atoms with Gasteiger partial charge in [-0.05, 0) is 51.7 Å². The molecule has 0 aromatic carbocycles. The summed E-state index contributed by atoms with van der Waals surface area (Å²) < 4.78 is 0. The van der Waals surface area contributed by atoms with Gasteiger partial charge in [-0.15, -0.1) is 24.0 Å². The van der Waals surface area contributed by atoms with Crippen LogP contribution in [-0.4, -0.2) is 53.9 Å². The molecule has 2 heterocycles. The Morgan fingerprint density at radius 1 is 1.30 bits per heavy atom. The molecule has 152 valence electrons. The van der Waals surface area contributed by atoms with Gasteiger partial charge in [0.05, 0.1) is 12.1 Å². The lowest BCUT2D eigenvalue weighted by molar-refractivity contribution is 0.0574. The number of hydrogen-bond acceptors (Lipinski definition) is 4. The van der Waals surface area contributed by atoms with Crippen LogP contribution in [0.3, 0.4) is 0 Å². The average molecular weight is 487 g/mol. The van der Waals surface area contributed by atoms with Crippen molar-refractivity contribution in [2.45, 2.75) is 64.0 Å². The van der Waals surface area contributed by atoms with Crippen molar-refractivity contribution in [1.82, 2.24) is 15.6 Å². The summed E-state index contributed by atoms with van der Waals surface area (Å²) in [4.78, 5) is 11.7. The maximum absolute atomic E-state index is 10.5. The standard InChI is InChI=1S/C20H33N5O.HI/c1-3-21-19(22-15-20(26)11-4-5-12-20)24-17-9-13-25(14-10-17)18-8-6-7-16(2)23-18;/h6-8,17,26H,3-5,9-15H2,1-2H3,(H2,21,22,24);1H. The molecule has 0 unspecified atom stereocenters. The third kappa shape index (κ3) is 6.48. The second-order valence-corrected chi connectivity index (χ2v) is 7.67. The molecule has 0 spiro atoms. The van der Waals surface area contributed by atoms with E-state index in [0.29, 0.717) is 12.6 Å². The number of anilines is 1. The summed E-state index contributed by atoms with van der Waals surface area (Å²) in [7, 11) is 0. The predicted octanol–water partition coefficient (Wildman–Crippen LogP) is 2.84. The molecule has 2 fully saturated rings. The zero-order valence-electron chi connectivity index (χ0n) is 16.6. The normalized spacial score (nSPS) is 20.3. The fourth-order valence-electron chi connectivity index (χ4n) is 3.89. The highest BCUT2D eigenvalue weighted by molar-refractivity contribution is 14.0. The number of nitrogens with zero attached hydrogens (tertiary/aromatic N) is 3. The van der Waals surface area contributed by atoms with Crippen LogP contribution >= 0.6 is 24.0 Å². The SMILES string of the molecule is CCNC(=NCC1(O)CCCC1)NC1CCN(c2cccc(C)n2)CC1.I. The zero-order valence-corrected chi connectivity index (χ0v) is 18.9. The first kappa shape index (κ1) is 22.2. The maximum Gasteiger partial charge on any atom is 0.191 e. The Morgan fingerprint density at radius 3 is 2.63 bits per heavy atom. The molecule has 1 saturated heterocycles. The first-order valence-corrected chi connectivity index (χ1v) is 10.0. The summed E-state index contributed by atoms with van der Waals surface area (Å²) in [5.74, 6) is 1.91. The maximum atomic E-state index is 10.5. The Balaban J connectivity index is 0.00000261. The van der Waals surface area contributed by atoms with E-state index in [-0.39, 0.29) is 24.0 Å². The van der Waals surface area contributed by atoms with Gasteiger partial charge in [-0.1, -0.05) is 18.9 Å². The van der Waals surface area contributed by atoms with Crippen LogP contribution in [0.4, 0.5) is 5.82 Å². The second-order valence-electron chi connectivity index (χ2n) is 7.67. The highest BCUT2D eigenvalue weighted by Crippen LogP contribution is 2.29. The lowest BCUT2D eigenvalue weighted by atomic mass is 10.0. The number of aromatic nitrogens is 1. The molecule has 1 aliphatic carbocycles. The molecule has 0 atom stereocenters. The summed E-state index contributed by atoms with van der Waals surface area (Å²) in [6, 6.07) is 6.61. The highest BCUT2D eigenvalue weighted by atomic mass is 127. The van der Waals surface area contributed by atoms with Gasteiger partial charge in [0.15, 0.2) is 5.96 Å². The predicted molar refractivity (Wildman–Crippen MR) is 122 cm³/mol. The smallest absolute Gasteiger partial charge is 0.191 e. The molecule has 3 N–H and O–H groups in total. The van der Waals surface area contributed by atoms with Crippen molar-refractivity contribution < 1.29 is 5.11 Å². The zero-order chi connectivity index (χ0) is 18.4. The summed E-state index contributed by atoms with van der Waals surface area (Å²) in [6.45, 7) is 7.43. The van der Waals surface area contributed by atoms with E-state index in [1.54, 1.807) is 0 Å². The Hall–Kier alpha value is -1.09. The number of piperidine rings is 1. The summed E-state index contributed by atoms with van der Waals surface area (Å²) in [6.07, 6.45) is 6.09. The van der Waals surface area contributed by atoms with Gasteiger partial charge >= 0.3 is 0 Å². The van der Waals surface area contributed by atoms with Gasteiger partial charge in [0.1, 0.15) is 5.82 Å². The topological polar surface area (TPSA) is 72.8 Å². The number of rotatable bonds is 5. The minimum Gasteiger partial charge on any atom is -0.388 e. The van der Waals surface area contributed by atoms with Crippen molar-refractivity contribution >= 4 is 35.8 Å². The van der Waals surface area contributed by atoms with E-state index in [1.165, 1.54) is 0 Å². The van der Waals surface area contributed by atoms with Gasteiger partial charge in [-0.3, -0.25) is 4.99 Å². The van der Waals surface area contributed by atoms with E-state index < -0.39 is 5.60 Å². The van der Waals surface area contributed by atoms with Crippen LogP contribution in [0.25, 0.3) is 0 Å². The average Bonchev–Trinajstić information content (AvgIpc) is 3.08. The van der Waals surface area contributed by atoms with E-state index in [0.717, 1.165) is 75.6 Å². The third-order valence-corrected chi connectivity index (χ3v) is 5.44. The Labute approximate surface area is 180 Å². The number of aliphatic hydroxyl groups is 1. The number of halogens is 1. The van der Waals surface area contributed by atoms with Gasteiger partial charge in [0.2, 0.25) is 0 Å². The summed E-state index contributed by atoms with van der Waals surface area (Å²) in [5, 5.41) is 17.4. The molecular formula is C20H34IN5O. The molecule has 27 heavy (non-hydrogen) atoms. The first-order valence-electron chi connectivity index (χ1n) is 10.0. The third-order valence-electron chi connectivity index (χ3n) is 5.44. The van der Waals surface area contributed by atoms with E-state index in [4.69, 9.17) is 0 Å². The minimum atomic E-state index is -0.595. The van der Waals surface area contributed by atoms with Crippen LogP contribution in [0.2, 0.25) is 0 Å². The summed E-state index contributed by atoms with van der Waals surface area (Å²) in [5.41, 5.74) is 0.469. The molecule has 1 aromatic heterocycles. The van der Waals surface area contributed by atoms with Crippen molar-refractivity contribution in [2.75, 3.05) is 31.1 Å². The van der Waals surface area contributed by atoms with Crippen LogP contribution in [0, 0.1) is 6.92 Å². The number of guanidine groups is 1. The van der Waals surface area contributed by atoms with E-state index in [2.05, 4.69) is 44.6 Å². The lowest BCUT2D eigenvalue weighted by Crippen LogP contribution is -2.49. The lowest BCUT2D eigenvalue weighted by Gasteiger charge is -2.34. The van der Waals surface area contributed by atoms with Crippen molar-refractivity contribution in [1.29, 1.82) is 0 Å². The molecule has 0 amide bonds. The second kappa shape index (κ2) is 10.5. The molecular weight excluding hydrogens is 453 g/mol. The molecule has 7 heteroatoms. The first-order chi connectivity index (χ1) is 12.6. The Kier molecular flexibility index (Phi) is 8.60. The number of aliphatic imine (C=N–C) groups is 1. The molecule has 0 bridgehead atoms. The van der Waals surface area contributed by atoms with Crippen molar-refractivity contribution in [3.05, 3.63) is 23.9 Å². The van der Waals surface area contributed by atoms with E-state index >= 15 is 0 Å². The van der Waals surface area contributed by atoms with Gasteiger partial charge in [0, 0.05) is 31.4 Å². The largest absolute Gasteiger partial charge is 0.388 e. The fraction of sp³-hybridized carbons (Fsp3) is 0.700. The molecule has 1 aromatic rings. The minimum absolute atomic E-state index is 0. The Bertz CT molecular complexity index is 610. The quantitative estimate of drug-likeness (QED) is 0.339. The molecule has 2 aliphatic rings. The molecule has 6 nitrogen and oxygen atoms in total. The van der Waals surface area contributed by atoms with Crippen LogP contribution in [-0.2, 0) is 0 Å². The van der Waals surface area contributed by atoms with Crippen LogP contribution in [0.5, 0.6) is 0 Å². The molecule has 0 radical (unpaired) electrons. The number of aryl methyl sites for hydroxylation is 1. The van der Waals surface area contributed by atoms with E-state index in [1.807, 2.05) is 13.0 Å². The molecule has 1 aliphatic heterocycles. The Morgan fingerprint density at radius 2 is 2.00 bits per heavy atom. The van der Waals surface area contributed by atoms with Gasteiger partial charge in [-0.25, -0.2) is 4.98 Å². The van der Waals surface area contributed by atoms with Crippen LogP contribution in [0.1, 0.15) is 51.1 Å². The highest BCUT2D eigenvalue weighted by Gasteiger charge is 2.31. The molecule has 1 saturated carbocycles. The number of nitrogens with one attached hydrogen (secondary N) is 2. The molecule has 3 rings (SSSR count). The summed E-state index contributed by atoms with van der Waals surface area (Å²) >= 11 is 0. The van der Waals surface area contributed by atoms with Crippen molar-refractivity contribution in [3.63, 3.8) is 0 Å². The van der Waals surface area contributed by atoms with Gasteiger partial charge < -0.3 is 20.6 Å².